The summed E-state index contributed by atoms with van der Waals surface area (Å²) in [5, 5.41) is 6.74. The molecular weight excluding hydrogens is 414 g/mol. The summed E-state index contributed by atoms with van der Waals surface area (Å²) in [5.74, 6) is -2.22. The van der Waals surface area contributed by atoms with E-state index in [1.807, 2.05) is 50.2 Å². The van der Waals surface area contributed by atoms with Crippen LogP contribution in [0.3, 0.4) is 0 Å². The third-order valence-electron chi connectivity index (χ3n) is 7.06. The molecule has 2 saturated heterocycles. The molecule has 7 heteroatoms. The number of benzene rings is 2. The Labute approximate surface area is 185 Å². The smallest absolute Gasteiger partial charge is 0.250 e. The normalized spacial score (nSPS) is 30.0. The van der Waals surface area contributed by atoms with Crippen molar-refractivity contribution in [3.63, 3.8) is 0 Å². The Morgan fingerprint density at radius 3 is 2.52 bits per heavy atom. The van der Waals surface area contributed by atoms with Gasteiger partial charge in [-0.15, -0.1) is 0 Å². The highest BCUT2D eigenvalue weighted by atomic mass is 35.5. The third kappa shape index (κ3) is 2.71. The predicted octanol–water partition coefficient (Wildman–Crippen LogP) is 3.10. The van der Waals surface area contributed by atoms with E-state index in [-0.39, 0.29) is 29.8 Å². The number of halogens is 1. The van der Waals surface area contributed by atoms with Crippen LogP contribution in [0.4, 0.5) is 5.69 Å². The standard InChI is InChI=1S/C24H24ClN3O3/c1-3-13(2)28-21(29)18-17(12-14-8-5-4-6-9-14)27-24(19(18)22(28)30)15-10-7-11-16(25)20(15)26-23(24)31/h4-11,13,17-19,27H,3,12H2,1-2H3,(H,26,31)/t13-,17+,18+,19-,24-/m0/s1. The quantitative estimate of drug-likeness (QED) is 0.720. The topological polar surface area (TPSA) is 78.5 Å². The van der Waals surface area contributed by atoms with Gasteiger partial charge in [0.1, 0.15) is 5.54 Å². The number of carbonyl (C=O) groups is 3. The van der Waals surface area contributed by atoms with Gasteiger partial charge in [-0.3, -0.25) is 24.6 Å². The highest BCUT2D eigenvalue weighted by Crippen LogP contribution is 2.54. The molecule has 0 bridgehead atoms. The second kappa shape index (κ2) is 7.18. The van der Waals surface area contributed by atoms with Crippen LogP contribution in [0.5, 0.6) is 0 Å². The lowest BCUT2D eigenvalue weighted by Gasteiger charge is -2.31. The van der Waals surface area contributed by atoms with Gasteiger partial charge in [0.05, 0.1) is 22.5 Å². The van der Waals surface area contributed by atoms with E-state index in [2.05, 4.69) is 10.6 Å². The van der Waals surface area contributed by atoms with Gasteiger partial charge in [-0.2, -0.15) is 0 Å². The molecule has 0 saturated carbocycles. The number of anilines is 1. The van der Waals surface area contributed by atoms with E-state index >= 15 is 0 Å². The Morgan fingerprint density at radius 2 is 1.81 bits per heavy atom. The van der Waals surface area contributed by atoms with Crippen molar-refractivity contribution in [2.75, 3.05) is 5.32 Å². The average Bonchev–Trinajstić information content (AvgIpc) is 3.34. The number of hydrogen-bond donors (Lipinski definition) is 2. The van der Waals surface area contributed by atoms with Gasteiger partial charge < -0.3 is 5.32 Å². The van der Waals surface area contributed by atoms with Crippen LogP contribution < -0.4 is 10.6 Å². The fourth-order valence-corrected chi connectivity index (χ4v) is 5.70. The van der Waals surface area contributed by atoms with Crippen molar-refractivity contribution in [1.29, 1.82) is 0 Å². The number of para-hydroxylation sites is 1. The molecule has 2 N–H and O–H groups in total. The maximum Gasteiger partial charge on any atom is 0.250 e. The fourth-order valence-electron chi connectivity index (χ4n) is 5.48. The van der Waals surface area contributed by atoms with Gasteiger partial charge in [0.2, 0.25) is 17.7 Å². The van der Waals surface area contributed by atoms with E-state index in [1.165, 1.54) is 4.90 Å². The van der Waals surface area contributed by atoms with E-state index in [1.54, 1.807) is 12.1 Å². The number of likely N-dealkylation sites (tertiary alicyclic amines) is 1. The van der Waals surface area contributed by atoms with Crippen molar-refractivity contribution in [1.82, 2.24) is 10.2 Å². The van der Waals surface area contributed by atoms with Gasteiger partial charge in [-0.05, 0) is 31.4 Å². The number of carbonyl (C=O) groups excluding carboxylic acids is 3. The lowest BCUT2D eigenvalue weighted by Crippen LogP contribution is -2.54. The molecule has 3 aliphatic heterocycles. The zero-order valence-electron chi connectivity index (χ0n) is 17.4. The van der Waals surface area contributed by atoms with E-state index in [0.29, 0.717) is 29.1 Å². The summed E-state index contributed by atoms with van der Waals surface area (Å²) in [6.45, 7) is 3.83. The molecule has 3 aliphatic rings. The van der Waals surface area contributed by atoms with Gasteiger partial charge >= 0.3 is 0 Å². The lowest BCUT2D eigenvalue weighted by atomic mass is 9.76. The number of nitrogens with one attached hydrogen (secondary N) is 2. The lowest BCUT2D eigenvalue weighted by molar-refractivity contribution is -0.145. The van der Waals surface area contributed by atoms with Crippen LogP contribution in [0.25, 0.3) is 0 Å². The molecule has 3 amide bonds. The number of nitrogens with zero attached hydrogens (tertiary/aromatic N) is 1. The molecule has 0 radical (unpaired) electrons. The molecule has 1 spiro atoms. The molecule has 3 heterocycles. The van der Waals surface area contributed by atoms with Crippen LogP contribution in [-0.4, -0.2) is 34.7 Å². The molecule has 5 rings (SSSR count). The van der Waals surface area contributed by atoms with Gasteiger partial charge in [0, 0.05) is 17.6 Å². The maximum absolute atomic E-state index is 13.6. The minimum absolute atomic E-state index is 0.196. The molecule has 6 nitrogen and oxygen atoms in total. The number of rotatable bonds is 4. The van der Waals surface area contributed by atoms with Crippen LogP contribution >= 0.6 is 11.6 Å². The number of fused-ring (bicyclic) bond motifs is 4. The second-order valence-corrected chi connectivity index (χ2v) is 9.08. The Morgan fingerprint density at radius 1 is 1.06 bits per heavy atom. The van der Waals surface area contributed by atoms with Gasteiger partial charge in [0.15, 0.2) is 0 Å². The average molecular weight is 438 g/mol. The van der Waals surface area contributed by atoms with Crippen molar-refractivity contribution in [3.8, 4) is 0 Å². The monoisotopic (exact) mass is 437 g/mol. The Kier molecular flexibility index (Phi) is 4.68. The summed E-state index contributed by atoms with van der Waals surface area (Å²) < 4.78 is 0. The first-order chi connectivity index (χ1) is 14.9. The molecule has 0 aromatic heterocycles. The number of amides is 3. The van der Waals surface area contributed by atoms with Crippen LogP contribution in [0.2, 0.25) is 5.02 Å². The van der Waals surface area contributed by atoms with E-state index in [9.17, 15) is 14.4 Å². The summed E-state index contributed by atoms with van der Waals surface area (Å²) in [4.78, 5) is 42.0. The number of hydrogen-bond acceptors (Lipinski definition) is 4. The summed E-state index contributed by atoms with van der Waals surface area (Å²) in [7, 11) is 0. The Hall–Kier alpha value is -2.70. The van der Waals surface area contributed by atoms with Crippen molar-refractivity contribution < 1.29 is 14.4 Å². The van der Waals surface area contributed by atoms with Gasteiger partial charge in [0.25, 0.3) is 0 Å². The zero-order valence-corrected chi connectivity index (χ0v) is 18.1. The van der Waals surface area contributed by atoms with Gasteiger partial charge in [-0.25, -0.2) is 0 Å². The first-order valence-electron chi connectivity index (χ1n) is 10.7. The zero-order chi connectivity index (χ0) is 21.9. The fraction of sp³-hybridized carbons (Fsp3) is 0.375. The van der Waals surface area contributed by atoms with Crippen molar-refractivity contribution in [3.05, 3.63) is 64.7 Å². The Bertz CT molecular complexity index is 1090. The molecule has 31 heavy (non-hydrogen) atoms. The molecule has 2 fully saturated rings. The van der Waals surface area contributed by atoms with Crippen LogP contribution in [0.15, 0.2) is 48.5 Å². The minimum atomic E-state index is -1.31. The van der Waals surface area contributed by atoms with Crippen molar-refractivity contribution in [2.45, 2.75) is 44.3 Å². The Balaban J connectivity index is 1.66. The van der Waals surface area contributed by atoms with Crippen LogP contribution in [-0.2, 0) is 26.3 Å². The first-order valence-corrected chi connectivity index (χ1v) is 11.1. The summed E-state index contributed by atoms with van der Waals surface area (Å²) in [6.07, 6.45) is 1.20. The second-order valence-electron chi connectivity index (χ2n) is 8.67. The molecule has 160 valence electrons. The highest BCUT2D eigenvalue weighted by molar-refractivity contribution is 6.35. The van der Waals surface area contributed by atoms with Crippen molar-refractivity contribution in [2.24, 2.45) is 11.8 Å². The molecule has 2 aromatic carbocycles. The summed E-state index contributed by atoms with van der Waals surface area (Å²) in [6, 6.07) is 14.6. The first kappa shape index (κ1) is 20.2. The highest BCUT2D eigenvalue weighted by Gasteiger charge is 2.70. The molecule has 2 aromatic rings. The van der Waals surface area contributed by atoms with Crippen molar-refractivity contribution >= 4 is 35.0 Å². The molecule has 5 atom stereocenters. The molecule has 0 unspecified atom stereocenters. The number of imide groups is 1. The van der Waals surface area contributed by atoms with Crippen LogP contribution in [0, 0.1) is 11.8 Å². The summed E-state index contributed by atoms with van der Waals surface area (Å²) in [5.41, 5.74) is 0.896. The predicted molar refractivity (Wildman–Crippen MR) is 117 cm³/mol. The third-order valence-corrected chi connectivity index (χ3v) is 7.38. The van der Waals surface area contributed by atoms with E-state index in [4.69, 9.17) is 11.6 Å². The van der Waals surface area contributed by atoms with E-state index < -0.39 is 17.4 Å². The molecular formula is C24H24ClN3O3. The SMILES string of the molecule is CC[C@H](C)N1C(=O)[C@H]2[C@@H](C1=O)[C@]1(N[C@@H]2Cc2ccccc2)C(=O)Nc2c(Cl)cccc21. The van der Waals surface area contributed by atoms with E-state index in [0.717, 1.165) is 5.56 Å². The summed E-state index contributed by atoms with van der Waals surface area (Å²) >= 11 is 6.37. The largest absolute Gasteiger partial charge is 0.323 e. The van der Waals surface area contributed by atoms with Crippen LogP contribution in [0.1, 0.15) is 31.4 Å². The maximum atomic E-state index is 13.6. The van der Waals surface area contributed by atoms with Gasteiger partial charge in [-0.1, -0.05) is 61.0 Å². The minimum Gasteiger partial charge on any atom is -0.323 e. The molecule has 0 aliphatic carbocycles.